The number of halogens is 6. The topological polar surface area (TPSA) is 83.0 Å². The maximum Gasteiger partial charge on any atom is 0.416 e. The Morgan fingerprint density at radius 3 is 2.53 bits per heavy atom. The summed E-state index contributed by atoms with van der Waals surface area (Å²) in [7, 11) is 0. The van der Waals surface area contributed by atoms with E-state index in [4.69, 9.17) is 0 Å². The van der Waals surface area contributed by atoms with E-state index in [1.165, 1.54) is 0 Å². The molecule has 0 aliphatic carbocycles. The Balaban J connectivity index is 1.90. The van der Waals surface area contributed by atoms with Gasteiger partial charge in [0, 0.05) is 37.7 Å². The predicted molar refractivity (Wildman–Crippen MR) is 102 cm³/mol. The van der Waals surface area contributed by atoms with Crippen molar-refractivity contribution in [1.82, 2.24) is 20.3 Å². The first-order chi connectivity index (χ1) is 14.9. The fraction of sp³-hybridized carbons (Fsp3) is 0.474. The van der Waals surface area contributed by atoms with Crippen molar-refractivity contribution in [2.24, 2.45) is 0 Å². The number of pyridine rings is 1. The highest BCUT2D eigenvalue weighted by Gasteiger charge is 2.47. The Morgan fingerprint density at radius 1 is 1.12 bits per heavy atom. The number of hydrogen-bond acceptors (Lipinski definition) is 6. The van der Waals surface area contributed by atoms with Gasteiger partial charge in [-0.25, -0.2) is 15.0 Å². The predicted octanol–water partition coefficient (Wildman–Crippen LogP) is 3.34. The van der Waals surface area contributed by atoms with E-state index >= 15 is 0 Å². The van der Waals surface area contributed by atoms with E-state index < -0.39 is 47.4 Å². The van der Waals surface area contributed by atoms with Gasteiger partial charge in [0.15, 0.2) is 0 Å². The van der Waals surface area contributed by atoms with Gasteiger partial charge in [0.25, 0.3) is 0 Å². The monoisotopic (exact) mass is 460 g/mol. The highest BCUT2D eigenvalue weighted by atomic mass is 19.4. The Labute approximate surface area is 178 Å². The molecule has 13 heteroatoms. The summed E-state index contributed by atoms with van der Waals surface area (Å²) in [4.78, 5) is 25.2. The van der Waals surface area contributed by atoms with Crippen molar-refractivity contribution in [2.45, 2.75) is 37.7 Å². The van der Waals surface area contributed by atoms with Crippen molar-refractivity contribution in [1.29, 1.82) is 0 Å². The van der Waals surface area contributed by atoms with Gasteiger partial charge in [-0.1, -0.05) is 0 Å². The fourth-order valence-corrected chi connectivity index (χ4v) is 3.88. The molecule has 7 nitrogen and oxygen atoms in total. The summed E-state index contributed by atoms with van der Waals surface area (Å²) in [5.74, 6) is -3.55. The fourth-order valence-electron chi connectivity index (χ4n) is 3.88. The number of nitrogens with zero attached hydrogens (tertiary/aromatic N) is 4. The first-order valence-corrected chi connectivity index (χ1v) is 9.73. The lowest BCUT2D eigenvalue weighted by Crippen LogP contribution is -2.49. The van der Waals surface area contributed by atoms with E-state index in [2.05, 4.69) is 25.6 Å². The molecule has 0 aromatic carbocycles. The van der Waals surface area contributed by atoms with E-state index in [0.717, 1.165) is 12.4 Å². The first kappa shape index (κ1) is 22.2. The lowest BCUT2D eigenvalue weighted by atomic mass is 9.89. The molecule has 1 saturated heterocycles. The van der Waals surface area contributed by atoms with Crippen LogP contribution >= 0.6 is 0 Å². The second-order valence-electron chi connectivity index (χ2n) is 7.73. The van der Waals surface area contributed by atoms with Crippen LogP contribution in [0.3, 0.4) is 0 Å². The van der Waals surface area contributed by atoms with Crippen LogP contribution in [-0.4, -0.2) is 52.7 Å². The largest absolute Gasteiger partial charge is 0.416 e. The van der Waals surface area contributed by atoms with E-state index in [1.807, 2.05) is 6.92 Å². The van der Waals surface area contributed by atoms with Gasteiger partial charge < -0.3 is 15.5 Å². The Morgan fingerprint density at radius 2 is 1.88 bits per heavy atom. The molecule has 2 aliphatic rings. The molecule has 0 bridgehead atoms. The molecule has 0 radical (unpaired) electrons. The van der Waals surface area contributed by atoms with Gasteiger partial charge in [-0.3, -0.25) is 4.79 Å². The number of carbonyl (C=O) groups is 1. The average molecular weight is 460 g/mol. The minimum Gasteiger partial charge on any atom is -0.354 e. The number of hydrogen-bond donors (Lipinski definition) is 2. The van der Waals surface area contributed by atoms with Gasteiger partial charge in [0.2, 0.25) is 5.91 Å². The number of nitrogens with one attached hydrogen (secondary N) is 2. The molecular weight excluding hydrogens is 442 g/mol. The molecule has 32 heavy (non-hydrogen) atoms. The molecular formula is C19H18F6N6O. The van der Waals surface area contributed by atoms with Crippen molar-refractivity contribution in [2.75, 3.05) is 29.9 Å². The third-order valence-corrected chi connectivity index (χ3v) is 5.35. The molecule has 2 aromatic rings. The minimum atomic E-state index is -4.83. The van der Waals surface area contributed by atoms with Crippen LogP contribution in [0.15, 0.2) is 18.5 Å². The lowest BCUT2D eigenvalue weighted by molar-refractivity contribution is -0.156. The molecule has 172 valence electrons. The zero-order valence-corrected chi connectivity index (χ0v) is 16.7. The Kier molecular flexibility index (Phi) is 5.47. The van der Waals surface area contributed by atoms with Gasteiger partial charge in [0.05, 0.1) is 22.9 Å². The van der Waals surface area contributed by atoms with Crippen molar-refractivity contribution in [3.63, 3.8) is 0 Å². The molecule has 2 aliphatic heterocycles. The number of fused-ring (bicyclic) bond motifs is 1. The first-order valence-electron chi connectivity index (χ1n) is 9.73. The van der Waals surface area contributed by atoms with E-state index in [0.29, 0.717) is 25.7 Å². The number of piperazine rings is 1. The quantitative estimate of drug-likeness (QED) is 0.669. The van der Waals surface area contributed by atoms with E-state index in [1.54, 1.807) is 4.90 Å². The van der Waals surface area contributed by atoms with Crippen LogP contribution in [0.5, 0.6) is 0 Å². The molecule has 0 spiro atoms. The highest BCUT2D eigenvalue weighted by molar-refractivity contribution is 5.95. The summed E-state index contributed by atoms with van der Waals surface area (Å²) >= 11 is 0. The average Bonchev–Trinajstić information content (AvgIpc) is 2.71. The van der Waals surface area contributed by atoms with Gasteiger partial charge in [-0.2, -0.15) is 26.3 Å². The van der Waals surface area contributed by atoms with Crippen LogP contribution < -0.4 is 15.5 Å². The Hall–Kier alpha value is -2.96. The molecule has 0 unspecified atom stereocenters. The summed E-state index contributed by atoms with van der Waals surface area (Å²) in [6.07, 6.45) is -9.61. The van der Waals surface area contributed by atoms with Crippen LogP contribution in [0, 0.1) is 0 Å². The standard InChI is InChI=1S/C19H18F6N6O/c1-9-7-31(3-2-26-9)13-5-10(18(20,21)22)4-12(29-13)16-15-11(19(23,24)25)6-14(32)30-17(15)28-8-27-16/h4-5,8-9,11,26H,2-3,6-7H2,1H3,(H,27,28,30,32)/t9-,11+/m0/s1. The van der Waals surface area contributed by atoms with Crippen molar-refractivity contribution >= 4 is 17.5 Å². The van der Waals surface area contributed by atoms with Crippen LogP contribution in [0.4, 0.5) is 38.0 Å². The number of alkyl halides is 6. The molecule has 2 N–H and O–H groups in total. The maximum atomic E-state index is 13.7. The number of aromatic nitrogens is 3. The number of amides is 1. The molecule has 4 rings (SSSR count). The minimum absolute atomic E-state index is 0.0137. The van der Waals surface area contributed by atoms with Crippen LogP contribution in [-0.2, 0) is 11.0 Å². The molecule has 1 fully saturated rings. The second-order valence-corrected chi connectivity index (χ2v) is 7.73. The zero-order chi connectivity index (χ0) is 23.3. The maximum absolute atomic E-state index is 13.7. The van der Waals surface area contributed by atoms with E-state index in [9.17, 15) is 31.1 Å². The summed E-state index contributed by atoms with van der Waals surface area (Å²) in [5, 5.41) is 5.40. The van der Waals surface area contributed by atoms with Crippen molar-refractivity contribution in [3.8, 4) is 11.4 Å². The summed E-state index contributed by atoms with van der Waals surface area (Å²) in [6.45, 7) is 3.12. The van der Waals surface area contributed by atoms with Gasteiger partial charge >= 0.3 is 12.4 Å². The highest BCUT2D eigenvalue weighted by Crippen LogP contribution is 2.46. The Bertz CT molecular complexity index is 1040. The smallest absolute Gasteiger partial charge is 0.354 e. The summed E-state index contributed by atoms with van der Waals surface area (Å²) in [6, 6.07) is 1.53. The second kappa shape index (κ2) is 7.87. The van der Waals surface area contributed by atoms with Crippen LogP contribution in [0.25, 0.3) is 11.4 Å². The third kappa shape index (κ3) is 4.33. The van der Waals surface area contributed by atoms with Gasteiger partial charge in [0.1, 0.15) is 18.0 Å². The molecule has 2 aromatic heterocycles. The zero-order valence-electron chi connectivity index (χ0n) is 16.7. The van der Waals surface area contributed by atoms with Crippen LogP contribution in [0.2, 0.25) is 0 Å². The van der Waals surface area contributed by atoms with E-state index in [-0.39, 0.29) is 23.4 Å². The van der Waals surface area contributed by atoms with Gasteiger partial charge in [-0.05, 0) is 19.1 Å². The molecule has 0 saturated carbocycles. The van der Waals surface area contributed by atoms with Gasteiger partial charge in [-0.15, -0.1) is 0 Å². The molecule has 2 atom stereocenters. The summed E-state index contributed by atoms with van der Waals surface area (Å²) < 4.78 is 82.1. The molecule has 1 amide bonds. The number of rotatable bonds is 2. The molecule has 4 heterocycles. The third-order valence-electron chi connectivity index (χ3n) is 5.35. The SMILES string of the molecule is C[C@H]1CN(c2cc(C(F)(F)F)cc(-c3ncnc4c3[C@H](C(F)(F)F)CC(=O)N4)n2)CCN1. The number of carbonyl (C=O) groups excluding carboxylic acids is 1. The normalized spacial score (nSPS) is 21.8. The number of anilines is 2. The summed E-state index contributed by atoms with van der Waals surface area (Å²) in [5.41, 5.74) is -2.32. The lowest BCUT2D eigenvalue weighted by Gasteiger charge is -2.33. The van der Waals surface area contributed by atoms with Crippen molar-refractivity contribution in [3.05, 3.63) is 29.6 Å². The van der Waals surface area contributed by atoms with Crippen molar-refractivity contribution < 1.29 is 31.1 Å². The van der Waals surface area contributed by atoms with Crippen LogP contribution in [0.1, 0.15) is 30.4 Å².